The fourth-order valence-electron chi connectivity index (χ4n) is 1.37. The molecule has 0 amide bonds. The SMILES string of the molecule is [2H]C([2H])([2H])C([2H])([2H])OC(=O)CC#CCC#CCC#CCC#CCC#CCC#CCC#CCC. The van der Waals surface area contributed by atoms with Crippen LogP contribution in [0.3, 0.4) is 0 Å². The first-order valence-corrected chi connectivity index (χ1v) is 8.62. The second-order valence-electron chi connectivity index (χ2n) is 4.64. The van der Waals surface area contributed by atoms with Crippen LogP contribution in [0.4, 0.5) is 0 Å². The summed E-state index contributed by atoms with van der Waals surface area (Å²) in [5.74, 6) is 38.8. The van der Waals surface area contributed by atoms with Gasteiger partial charge in [0.2, 0.25) is 0 Å². The Labute approximate surface area is 177 Å². The first-order chi connectivity index (χ1) is 15.7. The minimum Gasteiger partial charge on any atom is -0.465 e. The van der Waals surface area contributed by atoms with Crippen LogP contribution in [0, 0.1) is 82.9 Å². The number of esters is 1. The molecule has 0 atom stereocenters. The summed E-state index contributed by atoms with van der Waals surface area (Å²) in [6.45, 7) is -4.10. The molecule has 28 heavy (non-hydrogen) atoms. The summed E-state index contributed by atoms with van der Waals surface area (Å²) in [5.41, 5.74) is 0. The molecule has 0 saturated carbocycles. The van der Waals surface area contributed by atoms with Crippen LogP contribution in [0.5, 0.6) is 0 Å². The molecule has 0 spiro atoms. The van der Waals surface area contributed by atoms with Crippen molar-refractivity contribution in [3.05, 3.63) is 0 Å². The second kappa shape index (κ2) is 21.4. The van der Waals surface area contributed by atoms with Crippen LogP contribution in [0.2, 0.25) is 0 Å². The van der Waals surface area contributed by atoms with E-state index >= 15 is 0 Å². The molecular formula is C26H24O2. The number of carbonyl (C=O) groups excluding carboxylic acids is 1. The lowest BCUT2D eigenvalue weighted by Gasteiger charge is -1.94. The summed E-state index contributed by atoms with van der Waals surface area (Å²) < 4.78 is 39.5. The molecule has 0 aliphatic carbocycles. The third kappa shape index (κ3) is 20.4. The first kappa shape index (κ1) is 16.6. The molecule has 0 heterocycles. The molecule has 2 heteroatoms. The molecule has 0 bridgehead atoms. The summed E-state index contributed by atoms with van der Waals surface area (Å²) in [6, 6.07) is 0. The van der Waals surface area contributed by atoms with Crippen molar-refractivity contribution in [2.75, 3.05) is 6.56 Å². The lowest BCUT2D eigenvalue weighted by Crippen LogP contribution is -2.01. The monoisotopic (exact) mass is 373 g/mol. The van der Waals surface area contributed by atoms with E-state index in [1.807, 2.05) is 6.92 Å². The molecule has 0 rings (SSSR count). The van der Waals surface area contributed by atoms with Gasteiger partial charge >= 0.3 is 5.97 Å². The lowest BCUT2D eigenvalue weighted by atomic mass is 10.3. The number of hydrogen-bond donors (Lipinski definition) is 0. The molecular weight excluding hydrogens is 344 g/mol. The smallest absolute Gasteiger partial charge is 0.317 e. The van der Waals surface area contributed by atoms with Crippen LogP contribution in [0.15, 0.2) is 0 Å². The van der Waals surface area contributed by atoms with Gasteiger partial charge in [-0.3, -0.25) is 4.79 Å². The molecule has 0 saturated heterocycles. The highest BCUT2D eigenvalue weighted by Gasteiger charge is 1.94. The molecule has 0 aromatic heterocycles. The summed E-state index contributed by atoms with van der Waals surface area (Å²) in [6.07, 6.45) is 3.01. The topological polar surface area (TPSA) is 26.3 Å². The van der Waals surface area contributed by atoms with E-state index in [0.29, 0.717) is 32.1 Å². The molecule has 0 aliphatic heterocycles. The predicted octanol–water partition coefficient (Wildman–Crippen LogP) is 3.71. The van der Waals surface area contributed by atoms with Crippen LogP contribution >= 0.6 is 0 Å². The normalized spacial score (nSPS) is 10.7. The van der Waals surface area contributed by atoms with E-state index in [2.05, 4.69) is 87.6 Å². The van der Waals surface area contributed by atoms with Gasteiger partial charge in [0.05, 0.1) is 47.8 Å². The first-order valence-electron chi connectivity index (χ1n) is 11.1. The predicted molar refractivity (Wildman–Crippen MR) is 114 cm³/mol. The zero-order valence-corrected chi connectivity index (χ0v) is 16.0. The molecule has 0 fully saturated rings. The Hall–Kier alpha value is -3.61. The van der Waals surface area contributed by atoms with Gasteiger partial charge in [0, 0.05) is 10.5 Å². The quantitative estimate of drug-likeness (QED) is 0.545. The van der Waals surface area contributed by atoms with Gasteiger partial charge in [-0.15, -0.1) is 5.92 Å². The third-order valence-corrected chi connectivity index (χ3v) is 2.51. The average Bonchev–Trinajstić information content (AvgIpc) is 2.73. The molecule has 140 valence electrons. The Balaban J connectivity index is 4.02. The van der Waals surface area contributed by atoms with E-state index in [1.165, 1.54) is 0 Å². The summed E-state index contributed by atoms with van der Waals surface area (Å²) in [4.78, 5) is 11.4. The van der Waals surface area contributed by atoms with Crippen molar-refractivity contribution < 1.29 is 16.4 Å². The largest absolute Gasteiger partial charge is 0.465 e. The van der Waals surface area contributed by atoms with E-state index in [0.717, 1.165) is 6.42 Å². The van der Waals surface area contributed by atoms with Gasteiger partial charge in [-0.05, 0) is 6.85 Å². The number of carbonyl (C=O) groups is 1. The van der Waals surface area contributed by atoms with Crippen molar-refractivity contribution in [1.82, 2.24) is 0 Å². The van der Waals surface area contributed by atoms with Gasteiger partial charge < -0.3 is 4.74 Å². The maximum atomic E-state index is 11.4. The van der Waals surface area contributed by atoms with Gasteiger partial charge in [0.15, 0.2) is 0 Å². The number of ether oxygens (including phenoxy) is 1. The van der Waals surface area contributed by atoms with Crippen LogP contribution in [-0.2, 0) is 9.53 Å². The Kier molecular flexibility index (Phi) is 12.7. The third-order valence-electron chi connectivity index (χ3n) is 2.51. The van der Waals surface area contributed by atoms with Gasteiger partial charge in [-0.1, -0.05) is 83.9 Å². The van der Waals surface area contributed by atoms with Crippen LogP contribution < -0.4 is 0 Å². The van der Waals surface area contributed by atoms with Crippen molar-refractivity contribution in [2.24, 2.45) is 0 Å². The summed E-state index contributed by atoms with van der Waals surface area (Å²) >= 11 is 0. The summed E-state index contributed by atoms with van der Waals surface area (Å²) in [7, 11) is 0. The van der Waals surface area contributed by atoms with Crippen molar-refractivity contribution in [1.29, 1.82) is 0 Å². The Morgan fingerprint density at radius 3 is 1.39 bits per heavy atom. The lowest BCUT2D eigenvalue weighted by molar-refractivity contribution is -0.141. The summed E-state index contributed by atoms with van der Waals surface area (Å²) in [5, 5.41) is 0. The zero-order valence-electron chi connectivity index (χ0n) is 21.0. The van der Waals surface area contributed by atoms with E-state index in [1.54, 1.807) is 0 Å². The average molecular weight is 374 g/mol. The highest BCUT2D eigenvalue weighted by molar-refractivity contribution is 5.72. The van der Waals surface area contributed by atoms with E-state index in [9.17, 15) is 4.79 Å². The minimum atomic E-state index is -3.05. The number of hydrogen-bond acceptors (Lipinski definition) is 2. The highest BCUT2D eigenvalue weighted by Crippen LogP contribution is 1.84. The Bertz CT molecular complexity index is 1080. The fraction of sp³-hybridized carbons (Fsp3) is 0.423. The molecule has 0 aromatic carbocycles. The Morgan fingerprint density at radius 1 is 0.679 bits per heavy atom. The number of rotatable bonds is 2. The molecule has 0 unspecified atom stereocenters. The molecule has 0 radical (unpaired) electrons. The zero-order chi connectivity index (χ0) is 24.8. The van der Waals surface area contributed by atoms with E-state index < -0.39 is 25.8 Å². The van der Waals surface area contributed by atoms with Gasteiger partial charge in [0.25, 0.3) is 0 Å². The van der Waals surface area contributed by atoms with Crippen molar-refractivity contribution >= 4 is 5.97 Å². The minimum absolute atomic E-state index is 0.204. The van der Waals surface area contributed by atoms with E-state index in [-0.39, 0.29) is 6.42 Å². The molecule has 0 N–H and O–H groups in total. The maximum Gasteiger partial charge on any atom is 0.317 e. The van der Waals surface area contributed by atoms with Crippen molar-refractivity contribution in [3.63, 3.8) is 0 Å². The van der Waals surface area contributed by atoms with E-state index in [4.69, 9.17) is 6.85 Å². The van der Waals surface area contributed by atoms with Gasteiger partial charge in [0.1, 0.15) is 6.42 Å². The maximum absolute atomic E-state index is 11.4. The van der Waals surface area contributed by atoms with Crippen LogP contribution in [-0.4, -0.2) is 12.5 Å². The highest BCUT2D eigenvalue weighted by atomic mass is 16.5. The van der Waals surface area contributed by atoms with Gasteiger partial charge in [-0.2, -0.15) is 0 Å². The molecule has 0 aliphatic rings. The Morgan fingerprint density at radius 2 is 1.04 bits per heavy atom. The van der Waals surface area contributed by atoms with Crippen molar-refractivity contribution in [2.45, 2.75) is 65.1 Å². The van der Waals surface area contributed by atoms with Gasteiger partial charge in [-0.25, -0.2) is 0 Å². The molecule has 0 aromatic rings. The standard InChI is InChI=1S/C26H24O2/c1-3-5-6-7-8-9-10-11-12-13-14-15-16-17-18-19-20-21-22-23-24-25-26(27)28-4-2/h3-4,7,10,13,16,19,22,25H2,1-2H3/i2D3,4D2. The van der Waals surface area contributed by atoms with Crippen LogP contribution in [0.25, 0.3) is 0 Å². The van der Waals surface area contributed by atoms with Crippen LogP contribution in [0.1, 0.15) is 72.0 Å². The van der Waals surface area contributed by atoms with Crippen molar-refractivity contribution in [3.8, 4) is 82.9 Å². The molecule has 2 nitrogen and oxygen atoms in total. The fourth-order valence-corrected chi connectivity index (χ4v) is 1.37. The second-order valence-corrected chi connectivity index (χ2v) is 4.64.